The van der Waals surface area contributed by atoms with E-state index < -0.39 is 6.03 Å². The molecule has 2 saturated heterocycles. The number of likely N-dealkylation sites (tertiary alicyclic amines) is 1. The van der Waals surface area contributed by atoms with Crippen molar-refractivity contribution in [2.24, 2.45) is 5.92 Å². The predicted molar refractivity (Wildman–Crippen MR) is 72.8 cm³/mol. The number of rotatable bonds is 4. The first-order chi connectivity index (χ1) is 9.11. The van der Waals surface area contributed by atoms with Crippen molar-refractivity contribution in [3.8, 4) is 0 Å². The standard InChI is InChI=1S/C12H19N3O3S/c1-19-8-9-3-2-4-14(6-9)11(17)7-15-10(16)5-13-12(15)18/h9H,2-8H2,1H3,(H,13,18). The molecule has 6 nitrogen and oxygen atoms in total. The third kappa shape index (κ3) is 3.40. The van der Waals surface area contributed by atoms with Crippen LogP contribution in [0.15, 0.2) is 0 Å². The van der Waals surface area contributed by atoms with E-state index in [4.69, 9.17) is 0 Å². The Hall–Kier alpha value is -1.24. The molecule has 2 rings (SSSR count). The van der Waals surface area contributed by atoms with Gasteiger partial charge in [-0.2, -0.15) is 11.8 Å². The van der Waals surface area contributed by atoms with Gasteiger partial charge in [-0.25, -0.2) is 4.79 Å². The number of thioether (sulfide) groups is 1. The lowest BCUT2D eigenvalue weighted by molar-refractivity contribution is -0.137. The Bertz CT molecular complexity index is 370. The molecule has 0 radical (unpaired) electrons. The molecule has 0 aromatic rings. The number of hydrogen-bond acceptors (Lipinski definition) is 4. The third-order valence-corrected chi connectivity index (χ3v) is 4.31. The summed E-state index contributed by atoms with van der Waals surface area (Å²) in [6.07, 6.45) is 4.21. The number of hydrogen-bond donors (Lipinski definition) is 1. The lowest BCUT2D eigenvalue weighted by Gasteiger charge is -2.33. The minimum absolute atomic E-state index is 0.00120. The lowest BCUT2D eigenvalue weighted by atomic mass is 10.00. The Balaban J connectivity index is 1.88. The van der Waals surface area contributed by atoms with Crippen molar-refractivity contribution in [3.05, 3.63) is 0 Å². The number of amides is 4. The van der Waals surface area contributed by atoms with Gasteiger partial charge in [0, 0.05) is 13.1 Å². The molecule has 2 heterocycles. The Morgan fingerprint density at radius 1 is 1.47 bits per heavy atom. The van der Waals surface area contributed by atoms with Gasteiger partial charge >= 0.3 is 6.03 Å². The maximum Gasteiger partial charge on any atom is 0.325 e. The first-order valence-electron chi connectivity index (χ1n) is 6.46. The monoisotopic (exact) mass is 285 g/mol. The van der Waals surface area contributed by atoms with Gasteiger partial charge in [0.05, 0.1) is 6.54 Å². The molecule has 106 valence electrons. The Morgan fingerprint density at radius 2 is 2.26 bits per heavy atom. The van der Waals surface area contributed by atoms with Crippen molar-refractivity contribution < 1.29 is 14.4 Å². The number of nitrogens with zero attached hydrogens (tertiary/aromatic N) is 2. The number of carbonyl (C=O) groups is 3. The summed E-state index contributed by atoms with van der Waals surface area (Å²) in [5.41, 5.74) is 0. The number of nitrogens with one attached hydrogen (secondary N) is 1. The van der Waals surface area contributed by atoms with Crippen LogP contribution >= 0.6 is 11.8 Å². The smallest absolute Gasteiger partial charge is 0.325 e. The van der Waals surface area contributed by atoms with E-state index in [0.29, 0.717) is 5.92 Å². The quantitative estimate of drug-likeness (QED) is 0.746. The second kappa shape index (κ2) is 6.27. The van der Waals surface area contributed by atoms with Crippen LogP contribution in [0, 0.1) is 5.92 Å². The molecule has 0 bridgehead atoms. The van der Waals surface area contributed by atoms with Crippen molar-refractivity contribution >= 4 is 29.6 Å². The second-order valence-electron chi connectivity index (χ2n) is 4.94. The topological polar surface area (TPSA) is 69.7 Å². The van der Waals surface area contributed by atoms with Crippen molar-refractivity contribution in [1.29, 1.82) is 0 Å². The highest BCUT2D eigenvalue weighted by molar-refractivity contribution is 7.98. The maximum absolute atomic E-state index is 12.1. The predicted octanol–water partition coefficient (Wildman–Crippen LogP) is 0.140. The molecule has 0 aliphatic carbocycles. The van der Waals surface area contributed by atoms with Gasteiger partial charge < -0.3 is 10.2 Å². The van der Waals surface area contributed by atoms with Crippen LogP contribution in [-0.2, 0) is 9.59 Å². The number of carbonyl (C=O) groups excluding carboxylic acids is 3. The van der Waals surface area contributed by atoms with Gasteiger partial charge in [0.25, 0.3) is 5.91 Å². The minimum Gasteiger partial charge on any atom is -0.341 e. The average molecular weight is 285 g/mol. The Morgan fingerprint density at radius 3 is 2.89 bits per heavy atom. The lowest BCUT2D eigenvalue weighted by Crippen LogP contribution is -2.47. The largest absolute Gasteiger partial charge is 0.341 e. The third-order valence-electron chi connectivity index (χ3n) is 3.50. The molecule has 1 unspecified atom stereocenters. The zero-order valence-electron chi connectivity index (χ0n) is 11.1. The molecule has 0 aromatic heterocycles. The number of imide groups is 1. The number of urea groups is 1. The van der Waals surface area contributed by atoms with Crippen molar-refractivity contribution in [3.63, 3.8) is 0 Å². The highest BCUT2D eigenvalue weighted by Crippen LogP contribution is 2.20. The van der Waals surface area contributed by atoms with Gasteiger partial charge in [0.15, 0.2) is 0 Å². The summed E-state index contributed by atoms with van der Waals surface area (Å²) in [7, 11) is 0. The van der Waals surface area contributed by atoms with Crippen LogP contribution in [0.2, 0.25) is 0 Å². The van der Waals surface area contributed by atoms with Crippen molar-refractivity contribution in [2.75, 3.05) is 38.2 Å². The first kappa shape index (κ1) is 14.2. The van der Waals surface area contributed by atoms with E-state index in [0.717, 1.165) is 36.6 Å². The Kier molecular flexibility index (Phi) is 4.68. The SMILES string of the molecule is CSCC1CCCN(C(=O)CN2C(=O)CNC2=O)C1. The normalized spacial score (nSPS) is 23.7. The fraction of sp³-hybridized carbons (Fsp3) is 0.750. The summed E-state index contributed by atoms with van der Waals surface area (Å²) in [5.74, 6) is 1.12. The molecule has 2 fully saturated rings. The molecule has 7 heteroatoms. The molecule has 0 spiro atoms. The van der Waals surface area contributed by atoms with E-state index in [1.165, 1.54) is 0 Å². The van der Waals surface area contributed by atoms with E-state index in [2.05, 4.69) is 11.6 Å². The summed E-state index contributed by atoms with van der Waals surface area (Å²) < 4.78 is 0. The van der Waals surface area contributed by atoms with Gasteiger partial charge in [-0.05, 0) is 30.8 Å². The average Bonchev–Trinajstić information content (AvgIpc) is 2.71. The highest BCUT2D eigenvalue weighted by Gasteiger charge is 2.32. The van der Waals surface area contributed by atoms with Crippen LogP contribution in [0.25, 0.3) is 0 Å². The summed E-state index contributed by atoms with van der Waals surface area (Å²) >= 11 is 1.79. The summed E-state index contributed by atoms with van der Waals surface area (Å²) in [4.78, 5) is 37.7. The molecule has 0 aromatic carbocycles. The van der Waals surface area contributed by atoms with Crippen LogP contribution in [-0.4, -0.2) is 65.8 Å². The molecule has 2 aliphatic rings. The summed E-state index contributed by atoms with van der Waals surface area (Å²) in [5, 5.41) is 2.42. The molecule has 1 atom stereocenters. The van der Waals surface area contributed by atoms with E-state index in [1.807, 2.05) is 0 Å². The fourth-order valence-electron chi connectivity index (χ4n) is 2.51. The van der Waals surface area contributed by atoms with E-state index in [9.17, 15) is 14.4 Å². The van der Waals surface area contributed by atoms with E-state index in [1.54, 1.807) is 16.7 Å². The van der Waals surface area contributed by atoms with Crippen LogP contribution < -0.4 is 5.32 Å². The zero-order chi connectivity index (χ0) is 13.8. The molecular formula is C12H19N3O3S. The zero-order valence-corrected chi connectivity index (χ0v) is 11.9. The molecule has 1 N–H and O–H groups in total. The first-order valence-corrected chi connectivity index (χ1v) is 7.86. The molecule has 0 saturated carbocycles. The molecule has 2 aliphatic heterocycles. The summed E-state index contributed by atoms with van der Waals surface area (Å²) in [6.45, 7) is 1.34. The van der Waals surface area contributed by atoms with Gasteiger partial charge in [0.2, 0.25) is 5.91 Å². The van der Waals surface area contributed by atoms with Crippen LogP contribution in [0.4, 0.5) is 4.79 Å². The number of piperidine rings is 1. The van der Waals surface area contributed by atoms with E-state index >= 15 is 0 Å². The van der Waals surface area contributed by atoms with Crippen LogP contribution in [0.1, 0.15) is 12.8 Å². The fourth-order valence-corrected chi connectivity index (χ4v) is 3.26. The Labute approximate surface area is 116 Å². The van der Waals surface area contributed by atoms with Crippen LogP contribution in [0.5, 0.6) is 0 Å². The molecule has 4 amide bonds. The van der Waals surface area contributed by atoms with Gasteiger partial charge in [-0.15, -0.1) is 0 Å². The van der Waals surface area contributed by atoms with Crippen molar-refractivity contribution in [2.45, 2.75) is 12.8 Å². The van der Waals surface area contributed by atoms with Crippen molar-refractivity contribution in [1.82, 2.24) is 15.1 Å². The summed E-state index contributed by atoms with van der Waals surface area (Å²) in [6, 6.07) is -0.462. The van der Waals surface area contributed by atoms with Gasteiger partial charge in [-0.1, -0.05) is 0 Å². The van der Waals surface area contributed by atoms with Crippen LogP contribution in [0.3, 0.4) is 0 Å². The second-order valence-corrected chi connectivity index (χ2v) is 5.85. The maximum atomic E-state index is 12.1. The van der Waals surface area contributed by atoms with E-state index in [-0.39, 0.29) is 24.9 Å². The van der Waals surface area contributed by atoms with Gasteiger partial charge in [0.1, 0.15) is 6.54 Å². The highest BCUT2D eigenvalue weighted by atomic mass is 32.2. The molecule has 19 heavy (non-hydrogen) atoms. The minimum atomic E-state index is -0.462. The van der Waals surface area contributed by atoms with Gasteiger partial charge in [-0.3, -0.25) is 14.5 Å². The molecular weight excluding hydrogens is 266 g/mol.